The lowest BCUT2D eigenvalue weighted by atomic mass is 10.1. The van der Waals surface area contributed by atoms with Crippen molar-refractivity contribution in [2.24, 2.45) is 0 Å². The molecule has 2 aromatic rings. The second-order valence-corrected chi connectivity index (χ2v) is 6.14. The molecule has 1 unspecified atom stereocenters. The summed E-state index contributed by atoms with van der Waals surface area (Å²) in [5, 5.41) is 12.9. The summed E-state index contributed by atoms with van der Waals surface area (Å²) in [6, 6.07) is 9.74. The maximum Gasteiger partial charge on any atom is 0.322 e. The minimum Gasteiger partial charge on any atom is -0.467 e. The molecule has 1 saturated heterocycles. The van der Waals surface area contributed by atoms with E-state index in [-0.39, 0.29) is 18.7 Å². The number of methoxy groups -OCH3 is 1. The number of aromatic nitrogens is 3. The fourth-order valence-corrected chi connectivity index (χ4v) is 2.99. The molecule has 1 aliphatic rings. The lowest BCUT2D eigenvalue weighted by molar-refractivity contribution is 0.275. The van der Waals surface area contributed by atoms with Crippen LogP contribution in [0.5, 0.6) is 6.01 Å². The fraction of sp³-hybridized carbons (Fsp3) is 0.500. The number of benzene rings is 1. The Hall–Kier alpha value is -2.41. The van der Waals surface area contributed by atoms with Crippen molar-refractivity contribution in [2.45, 2.75) is 31.7 Å². The van der Waals surface area contributed by atoms with Crippen LogP contribution in [-0.4, -0.2) is 46.9 Å². The van der Waals surface area contributed by atoms with Crippen molar-refractivity contribution in [2.75, 3.05) is 37.0 Å². The first-order valence-corrected chi connectivity index (χ1v) is 8.77. The molecule has 134 valence electrons. The number of ether oxygens (including phenoxy) is 1. The van der Waals surface area contributed by atoms with E-state index in [2.05, 4.69) is 25.2 Å². The van der Waals surface area contributed by atoms with Gasteiger partial charge in [-0.25, -0.2) is 0 Å². The summed E-state index contributed by atoms with van der Waals surface area (Å²) in [5.74, 6) is 1.04. The maximum atomic E-state index is 9.75. The molecule has 7 heteroatoms. The first-order chi connectivity index (χ1) is 12.3. The zero-order valence-corrected chi connectivity index (χ0v) is 14.6. The van der Waals surface area contributed by atoms with Gasteiger partial charge in [-0.3, -0.25) is 0 Å². The Labute approximate surface area is 148 Å². The maximum absolute atomic E-state index is 9.75. The molecule has 3 rings (SSSR count). The quantitative estimate of drug-likeness (QED) is 0.833. The Morgan fingerprint density at radius 3 is 2.44 bits per heavy atom. The Bertz CT molecular complexity index is 660. The van der Waals surface area contributed by atoms with Gasteiger partial charge in [-0.15, -0.1) is 0 Å². The highest BCUT2D eigenvalue weighted by Gasteiger charge is 2.18. The third-order valence-corrected chi connectivity index (χ3v) is 4.36. The molecular weight excluding hydrogens is 318 g/mol. The molecule has 1 atom stereocenters. The molecule has 1 aromatic heterocycles. The van der Waals surface area contributed by atoms with Crippen molar-refractivity contribution >= 4 is 11.9 Å². The number of hydrogen-bond acceptors (Lipinski definition) is 7. The first-order valence-electron chi connectivity index (χ1n) is 8.77. The van der Waals surface area contributed by atoms with Crippen LogP contribution in [0.15, 0.2) is 30.3 Å². The third kappa shape index (κ3) is 4.57. The minimum atomic E-state index is -0.287. The van der Waals surface area contributed by atoms with E-state index in [1.807, 2.05) is 30.3 Å². The van der Waals surface area contributed by atoms with Crippen molar-refractivity contribution in [1.29, 1.82) is 0 Å². The molecule has 0 saturated carbocycles. The second-order valence-electron chi connectivity index (χ2n) is 6.14. The van der Waals surface area contributed by atoms with Gasteiger partial charge in [0.15, 0.2) is 0 Å². The van der Waals surface area contributed by atoms with Gasteiger partial charge in [-0.1, -0.05) is 43.2 Å². The molecule has 2 heterocycles. The largest absolute Gasteiger partial charge is 0.467 e. The highest BCUT2D eigenvalue weighted by Crippen LogP contribution is 2.22. The molecule has 2 N–H and O–H groups in total. The Balaban J connectivity index is 1.83. The van der Waals surface area contributed by atoms with Crippen LogP contribution in [0.1, 0.15) is 37.3 Å². The van der Waals surface area contributed by atoms with E-state index in [0.717, 1.165) is 31.5 Å². The average molecular weight is 343 g/mol. The smallest absolute Gasteiger partial charge is 0.322 e. The van der Waals surface area contributed by atoms with Gasteiger partial charge in [-0.2, -0.15) is 15.0 Å². The van der Waals surface area contributed by atoms with Crippen LogP contribution in [0.3, 0.4) is 0 Å². The summed E-state index contributed by atoms with van der Waals surface area (Å²) < 4.78 is 5.25. The van der Waals surface area contributed by atoms with Crippen LogP contribution in [0.4, 0.5) is 11.9 Å². The predicted molar refractivity (Wildman–Crippen MR) is 97.0 cm³/mol. The summed E-state index contributed by atoms with van der Waals surface area (Å²) in [6.07, 6.45) is 4.76. The van der Waals surface area contributed by atoms with Gasteiger partial charge in [0.1, 0.15) is 0 Å². The van der Waals surface area contributed by atoms with Crippen molar-refractivity contribution in [1.82, 2.24) is 15.0 Å². The van der Waals surface area contributed by atoms with Gasteiger partial charge in [0.05, 0.1) is 19.8 Å². The van der Waals surface area contributed by atoms with Gasteiger partial charge in [-0.05, 0) is 18.4 Å². The SMILES string of the molecule is COc1nc(NC(CO)c2ccccc2)nc(N2CCCCCC2)n1. The van der Waals surface area contributed by atoms with Crippen molar-refractivity contribution in [3.8, 4) is 6.01 Å². The number of anilines is 2. The molecule has 0 amide bonds. The topological polar surface area (TPSA) is 83.4 Å². The number of nitrogens with zero attached hydrogens (tertiary/aromatic N) is 4. The van der Waals surface area contributed by atoms with Crippen LogP contribution in [0, 0.1) is 0 Å². The molecule has 1 fully saturated rings. The van der Waals surface area contributed by atoms with Crippen LogP contribution in [0.25, 0.3) is 0 Å². The van der Waals surface area contributed by atoms with Crippen LogP contribution >= 0.6 is 0 Å². The van der Waals surface area contributed by atoms with Gasteiger partial charge in [0, 0.05) is 13.1 Å². The average Bonchev–Trinajstić information content (AvgIpc) is 2.96. The van der Waals surface area contributed by atoms with Gasteiger partial charge in [0.2, 0.25) is 11.9 Å². The number of hydrogen-bond donors (Lipinski definition) is 2. The summed E-state index contributed by atoms with van der Waals surface area (Å²) in [6.45, 7) is 1.82. The van der Waals surface area contributed by atoms with Crippen LogP contribution in [0.2, 0.25) is 0 Å². The van der Waals surface area contributed by atoms with E-state index in [0.29, 0.717) is 11.9 Å². The Kier molecular flexibility index (Phi) is 6.00. The lowest BCUT2D eigenvalue weighted by Gasteiger charge is -2.22. The Morgan fingerprint density at radius 1 is 1.08 bits per heavy atom. The normalized spacial score (nSPS) is 16.2. The standard InChI is InChI=1S/C18H25N5O2/c1-25-18-21-16(19-15(13-24)14-9-5-4-6-10-14)20-17(22-18)23-11-7-2-3-8-12-23/h4-6,9-10,15,24H,2-3,7-8,11-13H2,1H3,(H,19,20,21,22). The predicted octanol–water partition coefficient (Wildman–Crippen LogP) is 2.41. The van der Waals surface area contributed by atoms with E-state index in [9.17, 15) is 5.11 Å². The fourth-order valence-electron chi connectivity index (χ4n) is 2.99. The minimum absolute atomic E-state index is 0.0585. The van der Waals surface area contributed by atoms with Gasteiger partial charge < -0.3 is 20.1 Å². The van der Waals surface area contributed by atoms with E-state index < -0.39 is 0 Å². The molecule has 0 bridgehead atoms. The van der Waals surface area contributed by atoms with Crippen molar-refractivity contribution < 1.29 is 9.84 Å². The van der Waals surface area contributed by atoms with Crippen molar-refractivity contribution in [3.05, 3.63) is 35.9 Å². The highest BCUT2D eigenvalue weighted by molar-refractivity contribution is 5.40. The second kappa shape index (κ2) is 8.62. The zero-order chi connectivity index (χ0) is 17.5. The molecular formula is C18H25N5O2. The van der Waals surface area contributed by atoms with Crippen LogP contribution < -0.4 is 15.0 Å². The molecule has 25 heavy (non-hydrogen) atoms. The lowest BCUT2D eigenvalue weighted by Crippen LogP contribution is -2.27. The van der Waals surface area contributed by atoms with E-state index in [1.54, 1.807) is 7.11 Å². The third-order valence-electron chi connectivity index (χ3n) is 4.36. The highest BCUT2D eigenvalue weighted by atomic mass is 16.5. The zero-order valence-electron chi connectivity index (χ0n) is 14.6. The van der Waals surface area contributed by atoms with E-state index >= 15 is 0 Å². The number of aliphatic hydroxyl groups excluding tert-OH is 1. The molecule has 0 aliphatic carbocycles. The van der Waals surface area contributed by atoms with E-state index in [1.165, 1.54) is 12.8 Å². The summed E-state index contributed by atoms with van der Waals surface area (Å²) in [7, 11) is 1.55. The van der Waals surface area contributed by atoms with Gasteiger partial charge in [0.25, 0.3) is 0 Å². The number of nitrogens with one attached hydrogen (secondary N) is 1. The summed E-state index contributed by atoms with van der Waals surface area (Å²) >= 11 is 0. The Morgan fingerprint density at radius 2 is 1.80 bits per heavy atom. The number of rotatable bonds is 6. The van der Waals surface area contributed by atoms with Gasteiger partial charge >= 0.3 is 6.01 Å². The first kappa shape index (κ1) is 17.4. The van der Waals surface area contributed by atoms with Crippen molar-refractivity contribution in [3.63, 3.8) is 0 Å². The molecule has 1 aliphatic heterocycles. The molecule has 7 nitrogen and oxygen atoms in total. The molecule has 1 aromatic carbocycles. The monoisotopic (exact) mass is 343 g/mol. The molecule has 0 radical (unpaired) electrons. The number of aliphatic hydroxyl groups is 1. The van der Waals surface area contributed by atoms with E-state index in [4.69, 9.17) is 4.74 Å². The summed E-state index contributed by atoms with van der Waals surface area (Å²) in [5.41, 5.74) is 0.973. The molecule has 0 spiro atoms. The van der Waals surface area contributed by atoms with Crippen LogP contribution in [-0.2, 0) is 0 Å². The summed E-state index contributed by atoms with van der Waals surface area (Å²) in [4.78, 5) is 15.4.